The maximum absolute atomic E-state index is 11.9. The zero-order valence-electron chi connectivity index (χ0n) is 12.3. The minimum atomic E-state index is -0.511. The minimum absolute atomic E-state index is 0.0957. The van der Waals surface area contributed by atoms with Crippen molar-refractivity contribution >= 4 is 6.09 Å². The second-order valence-corrected chi connectivity index (χ2v) is 6.22. The van der Waals surface area contributed by atoms with Crippen molar-refractivity contribution in [3.63, 3.8) is 0 Å². The smallest absolute Gasteiger partial charge is 0.408 e. The molecule has 0 saturated heterocycles. The van der Waals surface area contributed by atoms with E-state index in [9.17, 15) is 9.59 Å². The van der Waals surface area contributed by atoms with Crippen LogP contribution in [0.5, 0.6) is 0 Å². The van der Waals surface area contributed by atoms with Crippen LogP contribution >= 0.6 is 0 Å². The van der Waals surface area contributed by atoms with Crippen LogP contribution in [0.1, 0.15) is 57.2 Å². The van der Waals surface area contributed by atoms with E-state index < -0.39 is 11.7 Å². The molecule has 0 spiro atoms. The van der Waals surface area contributed by atoms with Gasteiger partial charge in [-0.15, -0.1) is 0 Å². The highest BCUT2D eigenvalue weighted by Gasteiger charge is 2.23. The van der Waals surface area contributed by atoms with Crippen LogP contribution in [-0.2, 0) is 11.2 Å². The van der Waals surface area contributed by atoms with E-state index in [1.807, 2.05) is 20.8 Å². The van der Waals surface area contributed by atoms with Crippen LogP contribution in [0.2, 0.25) is 0 Å². The fourth-order valence-corrected chi connectivity index (χ4v) is 2.48. The number of carbonyl (C=O) groups excluding carboxylic acids is 1. The quantitative estimate of drug-likeness (QED) is 0.776. The number of fused-ring (bicyclic) bond motifs is 1. The van der Waals surface area contributed by atoms with Crippen LogP contribution in [0.25, 0.3) is 0 Å². The van der Waals surface area contributed by atoms with Crippen molar-refractivity contribution in [3.8, 4) is 0 Å². The summed E-state index contributed by atoms with van der Waals surface area (Å²) in [5.74, 6) is 0. The zero-order chi connectivity index (χ0) is 14.8. The van der Waals surface area contributed by atoms with Gasteiger partial charge in [0, 0.05) is 12.3 Å². The number of alkyl carbamates (subject to hydrolysis) is 1. The third-order valence-electron chi connectivity index (χ3n) is 3.30. The number of pyridine rings is 1. The van der Waals surface area contributed by atoms with E-state index in [0.717, 1.165) is 36.8 Å². The van der Waals surface area contributed by atoms with Crippen LogP contribution in [0, 0.1) is 0 Å². The van der Waals surface area contributed by atoms with Gasteiger partial charge in [0.25, 0.3) is 0 Å². The van der Waals surface area contributed by atoms with Gasteiger partial charge < -0.3 is 15.0 Å². The first-order chi connectivity index (χ1) is 9.35. The van der Waals surface area contributed by atoms with Crippen molar-refractivity contribution in [2.75, 3.05) is 0 Å². The molecule has 0 aromatic carbocycles. The number of aryl methyl sites for hydroxylation is 1. The first-order valence-electron chi connectivity index (χ1n) is 7.06. The average molecular weight is 278 g/mol. The molecule has 20 heavy (non-hydrogen) atoms. The number of ether oxygens (including phenoxy) is 1. The van der Waals surface area contributed by atoms with Gasteiger partial charge in [0.05, 0.1) is 6.04 Å². The Kier molecular flexibility index (Phi) is 4.16. The Labute approximate surface area is 118 Å². The SMILES string of the molecule is CC(C)(C)OC(=O)NC1CCCCc2cc(=O)[nH]cc21. The van der Waals surface area contributed by atoms with Crippen LogP contribution in [0.3, 0.4) is 0 Å². The highest BCUT2D eigenvalue weighted by Crippen LogP contribution is 2.27. The van der Waals surface area contributed by atoms with Gasteiger partial charge in [-0.3, -0.25) is 4.79 Å². The van der Waals surface area contributed by atoms with E-state index in [1.54, 1.807) is 12.3 Å². The van der Waals surface area contributed by atoms with Gasteiger partial charge >= 0.3 is 6.09 Å². The van der Waals surface area contributed by atoms with Gasteiger partial charge in [-0.25, -0.2) is 4.79 Å². The molecule has 2 N–H and O–H groups in total. The fourth-order valence-electron chi connectivity index (χ4n) is 2.48. The molecule has 1 atom stereocenters. The summed E-state index contributed by atoms with van der Waals surface area (Å²) >= 11 is 0. The molecule has 5 nitrogen and oxygen atoms in total. The number of aromatic nitrogens is 1. The Bertz CT molecular complexity index is 543. The van der Waals surface area contributed by atoms with Crippen molar-refractivity contribution in [3.05, 3.63) is 33.7 Å². The van der Waals surface area contributed by atoms with Crippen LogP contribution in [0.15, 0.2) is 17.1 Å². The van der Waals surface area contributed by atoms with E-state index in [-0.39, 0.29) is 11.6 Å². The lowest BCUT2D eigenvalue weighted by atomic mass is 10.0. The van der Waals surface area contributed by atoms with Crippen molar-refractivity contribution in [1.29, 1.82) is 0 Å². The maximum Gasteiger partial charge on any atom is 0.408 e. The molecular weight excluding hydrogens is 256 g/mol. The zero-order valence-corrected chi connectivity index (χ0v) is 12.3. The van der Waals surface area contributed by atoms with E-state index in [4.69, 9.17) is 4.74 Å². The second kappa shape index (κ2) is 5.69. The van der Waals surface area contributed by atoms with E-state index in [1.165, 1.54) is 0 Å². The highest BCUT2D eigenvalue weighted by atomic mass is 16.6. The Morgan fingerprint density at radius 3 is 2.85 bits per heavy atom. The Balaban J connectivity index is 2.16. The summed E-state index contributed by atoms with van der Waals surface area (Å²) in [7, 11) is 0. The van der Waals surface area contributed by atoms with Gasteiger partial charge in [0.15, 0.2) is 0 Å². The summed E-state index contributed by atoms with van der Waals surface area (Å²) in [6.07, 6.45) is 5.09. The van der Waals surface area contributed by atoms with E-state index in [0.29, 0.717) is 0 Å². The topological polar surface area (TPSA) is 71.2 Å². The number of amides is 1. The molecule has 0 bridgehead atoms. The number of carbonyl (C=O) groups is 1. The lowest BCUT2D eigenvalue weighted by molar-refractivity contribution is 0.0501. The third kappa shape index (κ3) is 3.85. The predicted octanol–water partition coefficient (Wildman–Crippen LogP) is 2.67. The molecule has 2 rings (SSSR count). The van der Waals surface area contributed by atoms with Gasteiger partial charge in [-0.05, 0) is 51.2 Å². The normalized spacial score (nSPS) is 18.9. The first kappa shape index (κ1) is 14.6. The molecule has 0 radical (unpaired) electrons. The van der Waals surface area contributed by atoms with Crippen molar-refractivity contribution in [1.82, 2.24) is 10.3 Å². The molecule has 1 unspecified atom stereocenters. The monoisotopic (exact) mass is 278 g/mol. The summed E-state index contributed by atoms with van der Waals surface area (Å²) < 4.78 is 5.30. The standard InChI is InChI=1S/C15H22N2O3/c1-15(2,3)20-14(19)17-12-7-5-4-6-10-8-13(18)16-9-11(10)12/h8-9,12H,4-7H2,1-3H3,(H,16,18)(H,17,19). The molecule has 110 valence electrons. The molecule has 0 fully saturated rings. The summed E-state index contributed by atoms with van der Waals surface area (Å²) in [6.45, 7) is 5.52. The van der Waals surface area contributed by atoms with Gasteiger partial charge in [0.1, 0.15) is 5.60 Å². The molecule has 0 saturated carbocycles. The number of H-pyrrole nitrogens is 1. The number of aromatic amines is 1. The van der Waals surface area contributed by atoms with Gasteiger partial charge in [-0.1, -0.05) is 6.42 Å². The Morgan fingerprint density at radius 2 is 2.15 bits per heavy atom. The molecule has 1 aliphatic carbocycles. The number of nitrogens with one attached hydrogen (secondary N) is 2. The number of hydrogen-bond donors (Lipinski definition) is 2. The van der Waals surface area contributed by atoms with E-state index >= 15 is 0 Å². The lowest BCUT2D eigenvalue weighted by Gasteiger charge is -2.23. The molecule has 1 amide bonds. The summed E-state index contributed by atoms with van der Waals surface area (Å²) in [5.41, 5.74) is 1.41. The number of rotatable bonds is 1. The van der Waals surface area contributed by atoms with Crippen LogP contribution < -0.4 is 10.9 Å². The fraction of sp³-hybridized carbons (Fsp3) is 0.600. The molecule has 0 aliphatic heterocycles. The first-order valence-corrected chi connectivity index (χ1v) is 7.06. The molecule has 5 heteroatoms. The van der Waals surface area contributed by atoms with Gasteiger partial charge in [0.2, 0.25) is 5.56 Å². The van der Waals surface area contributed by atoms with Crippen molar-refractivity contribution in [2.45, 2.75) is 58.1 Å². The average Bonchev–Trinajstić information content (AvgIpc) is 2.49. The Hall–Kier alpha value is -1.78. The Morgan fingerprint density at radius 1 is 1.40 bits per heavy atom. The second-order valence-electron chi connectivity index (χ2n) is 6.22. The maximum atomic E-state index is 11.9. The summed E-state index contributed by atoms with van der Waals surface area (Å²) in [4.78, 5) is 26.0. The van der Waals surface area contributed by atoms with Crippen LogP contribution in [0.4, 0.5) is 4.79 Å². The number of hydrogen-bond acceptors (Lipinski definition) is 3. The largest absolute Gasteiger partial charge is 0.444 e. The molecular formula is C15H22N2O3. The molecule has 1 heterocycles. The molecule has 1 aliphatic rings. The highest BCUT2D eigenvalue weighted by molar-refractivity contribution is 5.68. The molecule has 1 aromatic rings. The van der Waals surface area contributed by atoms with Crippen molar-refractivity contribution in [2.24, 2.45) is 0 Å². The lowest BCUT2D eigenvalue weighted by Crippen LogP contribution is -2.35. The molecule has 1 aromatic heterocycles. The summed E-state index contributed by atoms with van der Waals surface area (Å²) in [5, 5.41) is 2.91. The van der Waals surface area contributed by atoms with Crippen LogP contribution in [-0.4, -0.2) is 16.7 Å². The van der Waals surface area contributed by atoms with Crippen molar-refractivity contribution < 1.29 is 9.53 Å². The van der Waals surface area contributed by atoms with Gasteiger partial charge in [-0.2, -0.15) is 0 Å². The van der Waals surface area contributed by atoms with E-state index in [2.05, 4.69) is 10.3 Å². The summed E-state index contributed by atoms with van der Waals surface area (Å²) in [6, 6.07) is 1.53. The predicted molar refractivity (Wildman–Crippen MR) is 76.7 cm³/mol. The third-order valence-corrected chi connectivity index (χ3v) is 3.30. The minimum Gasteiger partial charge on any atom is -0.444 e.